The molecular formula is C11H15O4P. The summed E-state index contributed by atoms with van der Waals surface area (Å²) in [5, 5.41) is 9.30. The van der Waals surface area contributed by atoms with Crippen molar-refractivity contribution < 1.29 is 19.5 Å². The van der Waals surface area contributed by atoms with Crippen molar-refractivity contribution in [1.29, 1.82) is 0 Å². The van der Waals surface area contributed by atoms with Crippen molar-refractivity contribution in [3.8, 4) is 0 Å². The number of hydrogen-bond donors (Lipinski definition) is 2. The molecule has 0 amide bonds. The van der Waals surface area contributed by atoms with Gasteiger partial charge in [-0.2, -0.15) is 0 Å². The Kier molecular flexibility index (Phi) is 6.01. The van der Waals surface area contributed by atoms with Gasteiger partial charge < -0.3 is 14.7 Å². The zero-order chi connectivity index (χ0) is 11.8. The van der Waals surface area contributed by atoms with Gasteiger partial charge in [0.2, 0.25) is 0 Å². The number of carbonyl (C=O) groups is 1. The summed E-state index contributed by atoms with van der Waals surface area (Å²) in [5.41, 5.74) is 0. The normalized spacial score (nSPS) is 12.1. The smallest absolute Gasteiger partial charge is 0.306 e. The lowest BCUT2D eigenvalue weighted by atomic mass is 10.4. The van der Waals surface area contributed by atoms with Gasteiger partial charge in [-0.15, -0.1) is 0 Å². The fourth-order valence-corrected chi connectivity index (χ4v) is 2.33. The van der Waals surface area contributed by atoms with Crippen LogP contribution in [0.5, 0.6) is 0 Å². The molecule has 0 radical (unpaired) electrons. The van der Waals surface area contributed by atoms with Crippen molar-refractivity contribution in [2.45, 2.75) is 6.42 Å². The van der Waals surface area contributed by atoms with E-state index in [1.165, 1.54) is 0 Å². The van der Waals surface area contributed by atoms with E-state index in [4.69, 9.17) is 5.11 Å². The summed E-state index contributed by atoms with van der Waals surface area (Å²) in [6, 6.07) is 9.26. The third-order valence-corrected chi connectivity index (χ3v) is 3.48. The Hall–Kier alpha value is -0.960. The molecule has 4 nitrogen and oxygen atoms in total. The Balaban J connectivity index is 2.30. The summed E-state index contributed by atoms with van der Waals surface area (Å²) < 4.78 is 4.69. The maximum Gasteiger partial charge on any atom is 0.306 e. The lowest BCUT2D eigenvalue weighted by Crippen LogP contribution is -2.11. The van der Waals surface area contributed by atoms with Crippen LogP contribution in [0.4, 0.5) is 0 Å². The zero-order valence-corrected chi connectivity index (χ0v) is 9.77. The van der Waals surface area contributed by atoms with Crippen molar-refractivity contribution in [2.24, 2.45) is 0 Å². The van der Waals surface area contributed by atoms with E-state index in [1.54, 1.807) is 0 Å². The van der Waals surface area contributed by atoms with E-state index in [2.05, 4.69) is 4.74 Å². The Morgan fingerprint density at radius 1 is 1.31 bits per heavy atom. The molecule has 16 heavy (non-hydrogen) atoms. The average molecular weight is 242 g/mol. The molecule has 0 bridgehead atoms. The van der Waals surface area contributed by atoms with Crippen LogP contribution < -0.4 is 5.30 Å². The van der Waals surface area contributed by atoms with E-state index in [0.29, 0.717) is 6.16 Å². The zero-order valence-electron chi connectivity index (χ0n) is 8.87. The summed E-state index contributed by atoms with van der Waals surface area (Å²) in [6.45, 7) is -0.147. The summed E-state index contributed by atoms with van der Waals surface area (Å²) >= 11 is 0. The van der Waals surface area contributed by atoms with Gasteiger partial charge in [0.15, 0.2) is 0 Å². The Labute approximate surface area is 95.7 Å². The van der Waals surface area contributed by atoms with Gasteiger partial charge in [0.25, 0.3) is 0 Å². The minimum atomic E-state index is -1.29. The van der Waals surface area contributed by atoms with Crippen LogP contribution in [0.15, 0.2) is 30.3 Å². The number of esters is 1. The second-order valence-corrected chi connectivity index (χ2v) is 4.92. The Morgan fingerprint density at radius 3 is 2.62 bits per heavy atom. The first-order valence-electron chi connectivity index (χ1n) is 5.02. The molecule has 0 aliphatic carbocycles. The molecule has 0 saturated heterocycles. The summed E-state index contributed by atoms with van der Waals surface area (Å²) in [4.78, 5) is 20.9. The van der Waals surface area contributed by atoms with Crippen LogP contribution in [0.1, 0.15) is 6.42 Å². The van der Waals surface area contributed by atoms with Gasteiger partial charge in [-0.1, -0.05) is 30.3 Å². The molecule has 0 heterocycles. The molecule has 88 valence electrons. The van der Waals surface area contributed by atoms with Gasteiger partial charge in [0.1, 0.15) is 6.61 Å². The predicted octanol–water partition coefficient (Wildman–Crippen LogP) is 0.627. The highest BCUT2D eigenvalue weighted by Gasteiger charge is 2.10. The largest absolute Gasteiger partial charge is 0.463 e. The molecule has 1 aromatic rings. The maximum atomic E-state index is 11.1. The standard InChI is InChI=1S/C11H15O4P/c12-7-8-15-11(13)6-9-16(14)10-4-2-1-3-5-10/h1-5,12,14H,6-9H2. The quantitative estimate of drug-likeness (QED) is 0.567. The first-order valence-corrected chi connectivity index (χ1v) is 6.50. The van der Waals surface area contributed by atoms with Gasteiger partial charge in [0.05, 0.1) is 21.2 Å². The molecule has 0 saturated carbocycles. The SMILES string of the molecule is O=C(CCP(O)c1ccccc1)OCCO. The lowest BCUT2D eigenvalue weighted by Gasteiger charge is -2.09. The topological polar surface area (TPSA) is 66.8 Å². The third-order valence-electron chi connectivity index (χ3n) is 1.94. The molecule has 1 unspecified atom stereocenters. The highest BCUT2D eigenvalue weighted by molar-refractivity contribution is 7.59. The Bertz CT molecular complexity index is 315. The molecule has 0 fully saturated rings. The molecule has 1 atom stereocenters. The summed E-state index contributed by atoms with van der Waals surface area (Å²) in [6.07, 6.45) is 0.570. The highest BCUT2D eigenvalue weighted by atomic mass is 31.1. The van der Waals surface area contributed by atoms with E-state index in [0.717, 1.165) is 5.30 Å². The van der Waals surface area contributed by atoms with E-state index in [-0.39, 0.29) is 25.6 Å². The number of aliphatic hydroxyl groups excluding tert-OH is 1. The molecule has 0 spiro atoms. The van der Waals surface area contributed by atoms with Crippen LogP contribution in [-0.2, 0) is 9.53 Å². The van der Waals surface area contributed by atoms with Gasteiger partial charge >= 0.3 is 5.97 Å². The number of rotatable bonds is 6. The number of hydrogen-bond acceptors (Lipinski definition) is 4. The minimum absolute atomic E-state index is 0.0214. The molecule has 2 N–H and O–H groups in total. The van der Waals surface area contributed by atoms with E-state index < -0.39 is 8.15 Å². The summed E-state index contributed by atoms with van der Waals surface area (Å²) in [7, 11) is -1.29. The monoisotopic (exact) mass is 242 g/mol. The molecular weight excluding hydrogens is 227 g/mol. The first kappa shape index (κ1) is 13.1. The van der Waals surface area contributed by atoms with Crippen LogP contribution >= 0.6 is 8.15 Å². The minimum Gasteiger partial charge on any atom is -0.463 e. The number of ether oxygens (including phenoxy) is 1. The van der Waals surface area contributed by atoms with Crippen LogP contribution in [0.2, 0.25) is 0 Å². The van der Waals surface area contributed by atoms with Crippen molar-refractivity contribution in [2.75, 3.05) is 19.4 Å². The van der Waals surface area contributed by atoms with Crippen LogP contribution in [-0.4, -0.2) is 35.3 Å². The van der Waals surface area contributed by atoms with Crippen LogP contribution in [0, 0.1) is 0 Å². The van der Waals surface area contributed by atoms with Crippen molar-refractivity contribution in [3.05, 3.63) is 30.3 Å². The molecule has 0 aromatic heterocycles. The highest BCUT2D eigenvalue weighted by Crippen LogP contribution is 2.29. The van der Waals surface area contributed by atoms with Crippen molar-refractivity contribution >= 4 is 19.4 Å². The maximum absolute atomic E-state index is 11.1. The molecule has 5 heteroatoms. The van der Waals surface area contributed by atoms with Gasteiger partial charge in [-0.05, 0) is 0 Å². The lowest BCUT2D eigenvalue weighted by molar-refractivity contribution is -0.144. The van der Waals surface area contributed by atoms with Gasteiger partial charge in [-0.3, -0.25) is 4.79 Å². The second-order valence-electron chi connectivity index (χ2n) is 3.15. The molecule has 0 aliphatic rings. The van der Waals surface area contributed by atoms with Crippen molar-refractivity contribution in [3.63, 3.8) is 0 Å². The van der Waals surface area contributed by atoms with E-state index >= 15 is 0 Å². The van der Waals surface area contributed by atoms with Gasteiger partial charge in [-0.25, -0.2) is 0 Å². The number of benzene rings is 1. The fourth-order valence-electron chi connectivity index (χ4n) is 1.16. The van der Waals surface area contributed by atoms with E-state index in [9.17, 15) is 9.69 Å². The average Bonchev–Trinajstić information content (AvgIpc) is 2.34. The van der Waals surface area contributed by atoms with Gasteiger partial charge in [0, 0.05) is 11.5 Å². The first-order chi connectivity index (χ1) is 7.74. The second kappa shape index (κ2) is 7.34. The fraction of sp³-hybridized carbons (Fsp3) is 0.364. The van der Waals surface area contributed by atoms with Crippen molar-refractivity contribution in [1.82, 2.24) is 0 Å². The third kappa shape index (κ3) is 4.71. The molecule has 1 aromatic carbocycles. The van der Waals surface area contributed by atoms with E-state index in [1.807, 2.05) is 30.3 Å². The number of aliphatic hydroxyl groups is 1. The van der Waals surface area contributed by atoms with Crippen LogP contribution in [0.25, 0.3) is 0 Å². The molecule has 0 aliphatic heterocycles. The Morgan fingerprint density at radius 2 is 2.00 bits per heavy atom. The van der Waals surface area contributed by atoms with Crippen LogP contribution in [0.3, 0.4) is 0 Å². The predicted molar refractivity (Wildman–Crippen MR) is 62.7 cm³/mol. The molecule has 1 rings (SSSR count). The number of carbonyl (C=O) groups excluding carboxylic acids is 1. The summed E-state index contributed by atoms with van der Waals surface area (Å²) in [5.74, 6) is -0.383.